The molecule has 1 saturated carbocycles. The Morgan fingerprint density at radius 3 is 2.63 bits per heavy atom. The number of benzene rings is 1. The van der Waals surface area contributed by atoms with Crippen LogP contribution in [-0.4, -0.2) is 51.7 Å². The van der Waals surface area contributed by atoms with Crippen LogP contribution in [0.1, 0.15) is 65.0 Å². The standard InChI is InChI=1S/C25H30F3N3O3S/c1-16-11-22(35-30-16)24(34)8-5-20(6-9-24)31-10-7-17(15-31)12-21(32)14-29-23(33)18-3-2-4-19(13-18)25(26,27)28/h2-4,11,13,17,20,34H,5-10,12,14-15H2,1H3,(H,29,33)/t17-,20?,24?/m0/s1. The lowest BCUT2D eigenvalue weighted by Gasteiger charge is -2.39. The Balaban J connectivity index is 1.21. The number of halogens is 3. The fraction of sp³-hybridized carbons (Fsp3) is 0.560. The fourth-order valence-corrected chi connectivity index (χ4v) is 6.04. The van der Waals surface area contributed by atoms with Crippen molar-refractivity contribution >= 4 is 23.2 Å². The number of aliphatic hydroxyl groups is 1. The van der Waals surface area contributed by atoms with Crippen molar-refractivity contribution in [3.8, 4) is 0 Å². The molecule has 0 spiro atoms. The summed E-state index contributed by atoms with van der Waals surface area (Å²) < 4.78 is 42.8. The Kier molecular flexibility index (Phi) is 7.63. The van der Waals surface area contributed by atoms with Crippen LogP contribution in [0.15, 0.2) is 30.3 Å². The van der Waals surface area contributed by atoms with Crippen molar-refractivity contribution in [2.24, 2.45) is 5.92 Å². The summed E-state index contributed by atoms with van der Waals surface area (Å²) in [4.78, 5) is 28.0. The molecule has 1 aromatic heterocycles. The third-order valence-electron chi connectivity index (χ3n) is 7.12. The van der Waals surface area contributed by atoms with Crippen LogP contribution in [0, 0.1) is 12.8 Å². The van der Waals surface area contributed by atoms with Gasteiger partial charge in [0.2, 0.25) is 0 Å². The fourth-order valence-electron chi connectivity index (χ4n) is 5.15. The van der Waals surface area contributed by atoms with Gasteiger partial charge in [-0.3, -0.25) is 9.59 Å². The maximum absolute atomic E-state index is 12.9. The predicted octanol–water partition coefficient (Wildman–Crippen LogP) is 4.31. The molecule has 4 rings (SSSR count). The number of alkyl halides is 3. The summed E-state index contributed by atoms with van der Waals surface area (Å²) in [6.45, 7) is 3.43. The molecule has 35 heavy (non-hydrogen) atoms. The molecule has 2 aromatic rings. The van der Waals surface area contributed by atoms with Gasteiger partial charge in [-0.2, -0.15) is 17.5 Å². The molecule has 1 saturated heterocycles. The van der Waals surface area contributed by atoms with Crippen molar-refractivity contribution in [1.29, 1.82) is 0 Å². The molecule has 6 nitrogen and oxygen atoms in total. The number of amides is 1. The predicted molar refractivity (Wildman–Crippen MR) is 126 cm³/mol. The second-order valence-corrected chi connectivity index (χ2v) is 10.6. The van der Waals surface area contributed by atoms with E-state index in [9.17, 15) is 27.9 Å². The van der Waals surface area contributed by atoms with E-state index in [1.54, 1.807) is 0 Å². The quantitative estimate of drug-likeness (QED) is 0.581. The van der Waals surface area contributed by atoms with Crippen LogP contribution in [0.25, 0.3) is 0 Å². The minimum atomic E-state index is -4.53. The van der Waals surface area contributed by atoms with Gasteiger partial charge in [-0.25, -0.2) is 0 Å². The lowest BCUT2D eigenvalue weighted by Crippen LogP contribution is -2.41. The van der Waals surface area contributed by atoms with Crippen molar-refractivity contribution in [3.63, 3.8) is 0 Å². The zero-order valence-electron chi connectivity index (χ0n) is 19.6. The van der Waals surface area contributed by atoms with E-state index in [1.165, 1.54) is 23.7 Å². The van der Waals surface area contributed by atoms with Crippen LogP contribution in [0.3, 0.4) is 0 Å². The van der Waals surface area contributed by atoms with Gasteiger partial charge in [-0.05, 0) is 87.3 Å². The molecule has 190 valence electrons. The number of rotatable bonds is 7. The molecule has 1 atom stereocenters. The monoisotopic (exact) mass is 509 g/mol. The SMILES string of the molecule is Cc1cc(C2(O)CCC(N3CC[C@@H](CC(=O)CNC(=O)c4cccc(C(F)(F)F)c4)C3)CC2)sn1. The number of Topliss-reactive ketones (excluding diaryl/α,β-unsaturated/α-hetero) is 1. The Bertz CT molecular complexity index is 1060. The third kappa shape index (κ3) is 6.29. The molecule has 2 N–H and O–H groups in total. The molecule has 1 aromatic carbocycles. The molecule has 0 unspecified atom stereocenters. The molecule has 0 radical (unpaired) electrons. The first-order valence-electron chi connectivity index (χ1n) is 11.9. The van der Waals surface area contributed by atoms with Crippen LogP contribution in [0.4, 0.5) is 13.2 Å². The number of nitrogens with one attached hydrogen (secondary N) is 1. The number of carbonyl (C=O) groups excluding carboxylic acids is 2. The Morgan fingerprint density at radius 1 is 1.23 bits per heavy atom. The van der Waals surface area contributed by atoms with Crippen LogP contribution in [0.2, 0.25) is 0 Å². The number of ketones is 1. The number of aromatic nitrogens is 1. The van der Waals surface area contributed by atoms with Gasteiger partial charge in [0.25, 0.3) is 5.91 Å². The van der Waals surface area contributed by atoms with E-state index in [4.69, 9.17) is 0 Å². The highest BCUT2D eigenvalue weighted by Crippen LogP contribution is 2.41. The van der Waals surface area contributed by atoms with Gasteiger partial charge in [0.1, 0.15) is 5.60 Å². The second kappa shape index (κ2) is 10.4. The zero-order chi connectivity index (χ0) is 25.2. The van der Waals surface area contributed by atoms with Crippen LogP contribution in [0.5, 0.6) is 0 Å². The van der Waals surface area contributed by atoms with Crippen molar-refractivity contribution in [2.45, 2.75) is 63.3 Å². The smallest absolute Gasteiger partial charge is 0.384 e. The van der Waals surface area contributed by atoms with Crippen LogP contribution in [-0.2, 0) is 16.6 Å². The first-order chi connectivity index (χ1) is 16.5. The minimum Gasteiger partial charge on any atom is -0.384 e. The highest BCUT2D eigenvalue weighted by molar-refractivity contribution is 7.06. The van der Waals surface area contributed by atoms with E-state index < -0.39 is 23.2 Å². The summed E-state index contributed by atoms with van der Waals surface area (Å²) in [6.07, 6.45) is -0.139. The molecule has 2 heterocycles. The second-order valence-electron chi connectivity index (χ2n) is 9.75. The van der Waals surface area contributed by atoms with Gasteiger partial charge in [-0.1, -0.05) is 6.07 Å². The summed E-state index contributed by atoms with van der Waals surface area (Å²) in [5.41, 5.74) is -0.884. The van der Waals surface area contributed by atoms with Gasteiger partial charge in [-0.15, -0.1) is 0 Å². The van der Waals surface area contributed by atoms with Gasteiger partial charge < -0.3 is 15.3 Å². The Hall–Kier alpha value is -2.30. The first-order valence-corrected chi connectivity index (χ1v) is 12.7. The first kappa shape index (κ1) is 25.8. The minimum absolute atomic E-state index is 0.120. The molecule has 0 bridgehead atoms. The normalized spacial score (nSPS) is 25.5. The van der Waals surface area contributed by atoms with E-state index in [0.717, 1.165) is 55.1 Å². The molecule has 2 fully saturated rings. The number of likely N-dealkylation sites (tertiary alicyclic amines) is 1. The highest BCUT2D eigenvalue weighted by atomic mass is 32.1. The van der Waals surface area contributed by atoms with Crippen LogP contribution < -0.4 is 5.32 Å². The molecular weight excluding hydrogens is 479 g/mol. The number of nitrogens with zero attached hydrogens (tertiary/aromatic N) is 2. The van der Waals surface area contributed by atoms with Crippen molar-refractivity contribution in [2.75, 3.05) is 19.6 Å². The van der Waals surface area contributed by atoms with Gasteiger partial charge in [0.05, 0.1) is 22.7 Å². The maximum Gasteiger partial charge on any atom is 0.416 e. The largest absolute Gasteiger partial charge is 0.416 e. The van der Waals surface area contributed by atoms with Crippen LogP contribution >= 0.6 is 11.5 Å². The van der Waals surface area contributed by atoms with Crippen molar-refractivity contribution < 1.29 is 27.9 Å². The Labute approximate surface area is 206 Å². The van der Waals surface area contributed by atoms with Gasteiger partial charge in [0, 0.05) is 24.6 Å². The van der Waals surface area contributed by atoms with E-state index in [1.807, 2.05) is 13.0 Å². The lowest BCUT2D eigenvalue weighted by molar-refractivity contribution is -0.137. The molecule has 10 heteroatoms. The lowest BCUT2D eigenvalue weighted by atomic mass is 9.80. The van der Waals surface area contributed by atoms with E-state index in [2.05, 4.69) is 14.6 Å². The number of hydrogen-bond acceptors (Lipinski definition) is 6. The average Bonchev–Trinajstić information content (AvgIpc) is 3.47. The molecule has 2 aliphatic rings. The van der Waals surface area contributed by atoms with Gasteiger partial charge >= 0.3 is 6.18 Å². The third-order valence-corrected chi connectivity index (χ3v) is 8.19. The van der Waals surface area contributed by atoms with Gasteiger partial charge in [0.15, 0.2) is 5.78 Å². The molecule has 1 aliphatic heterocycles. The summed E-state index contributed by atoms with van der Waals surface area (Å²) in [6, 6.07) is 6.51. The van der Waals surface area contributed by atoms with E-state index in [0.29, 0.717) is 25.3 Å². The Morgan fingerprint density at radius 2 is 1.97 bits per heavy atom. The van der Waals surface area contributed by atoms with E-state index in [-0.39, 0.29) is 23.8 Å². The summed E-state index contributed by atoms with van der Waals surface area (Å²) in [5.74, 6) is -0.628. The summed E-state index contributed by atoms with van der Waals surface area (Å²) in [7, 11) is 0. The average molecular weight is 510 g/mol. The maximum atomic E-state index is 12.9. The number of carbonyl (C=O) groups is 2. The number of hydrogen-bond donors (Lipinski definition) is 2. The van der Waals surface area contributed by atoms with E-state index >= 15 is 0 Å². The topological polar surface area (TPSA) is 82.5 Å². The molecule has 1 aliphatic carbocycles. The van der Waals surface area contributed by atoms with Crippen molar-refractivity contribution in [3.05, 3.63) is 52.0 Å². The molecule has 1 amide bonds. The highest BCUT2D eigenvalue weighted by Gasteiger charge is 2.39. The number of aryl methyl sites for hydroxylation is 1. The zero-order valence-corrected chi connectivity index (χ0v) is 20.4. The summed E-state index contributed by atoms with van der Waals surface area (Å²) in [5, 5.41) is 13.5. The summed E-state index contributed by atoms with van der Waals surface area (Å²) >= 11 is 1.37. The molecular formula is C25H30F3N3O3S. The van der Waals surface area contributed by atoms with Crippen molar-refractivity contribution in [1.82, 2.24) is 14.6 Å².